The van der Waals surface area contributed by atoms with E-state index in [1.54, 1.807) is 7.11 Å². The van der Waals surface area contributed by atoms with Crippen molar-refractivity contribution >= 4 is 17.7 Å². The largest absolute Gasteiger partial charge is 0.497 e. The van der Waals surface area contributed by atoms with Crippen molar-refractivity contribution in [2.45, 2.75) is 12.3 Å². The van der Waals surface area contributed by atoms with Crippen molar-refractivity contribution in [2.24, 2.45) is 0 Å². The molecule has 3 heteroatoms. The molecule has 148 valence electrons. The highest BCUT2D eigenvalue weighted by molar-refractivity contribution is 6.30. The molecule has 0 radical (unpaired) electrons. The molecule has 0 aliphatic carbocycles. The highest BCUT2D eigenvalue weighted by Gasteiger charge is 2.24. The van der Waals surface area contributed by atoms with Gasteiger partial charge in [0.15, 0.2) is 0 Å². The minimum absolute atomic E-state index is 0.340. The average Bonchev–Trinajstić information content (AvgIpc) is 2.95. The maximum absolute atomic E-state index is 5.98. The summed E-state index contributed by atoms with van der Waals surface area (Å²) in [5, 5.41) is 0.772. The predicted molar refractivity (Wildman–Crippen MR) is 122 cm³/mol. The zero-order chi connectivity index (χ0) is 20.1. The molecule has 1 unspecified atom stereocenters. The van der Waals surface area contributed by atoms with Gasteiger partial charge in [-0.15, -0.1) is 0 Å². The number of benzene rings is 3. The van der Waals surface area contributed by atoms with Gasteiger partial charge in [-0.05, 0) is 52.9 Å². The molecule has 0 amide bonds. The molecule has 0 N–H and O–H groups in total. The fourth-order valence-electron chi connectivity index (χ4n) is 4.03. The van der Waals surface area contributed by atoms with Crippen LogP contribution in [0, 0.1) is 0 Å². The van der Waals surface area contributed by atoms with Crippen LogP contribution in [0.3, 0.4) is 0 Å². The summed E-state index contributed by atoms with van der Waals surface area (Å²) in [6.07, 6.45) is 5.48. The number of nitrogens with zero attached hydrogens (tertiary/aromatic N) is 1. The Morgan fingerprint density at radius 1 is 1.03 bits per heavy atom. The smallest absolute Gasteiger partial charge is 0.119 e. The summed E-state index contributed by atoms with van der Waals surface area (Å²) in [5.41, 5.74) is 5.34. The predicted octanol–water partition coefficient (Wildman–Crippen LogP) is 6.05. The van der Waals surface area contributed by atoms with E-state index in [0.717, 1.165) is 36.8 Å². The van der Waals surface area contributed by atoms with E-state index in [4.69, 9.17) is 16.3 Å². The number of fused-ring (bicyclic) bond motifs is 1. The van der Waals surface area contributed by atoms with Crippen LogP contribution in [0.1, 0.15) is 28.2 Å². The highest BCUT2D eigenvalue weighted by Crippen LogP contribution is 2.33. The van der Waals surface area contributed by atoms with Crippen molar-refractivity contribution in [3.8, 4) is 5.75 Å². The third-order valence-electron chi connectivity index (χ3n) is 5.61. The first-order valence-electron chi connectivity index (χ1n) is 10.1. The molecular formula is C26H26ClNO. The monoisotopic (exact) mass is 403 g/mol. The molecule has 0 aromatic heterocycles. The summed E-state index contributed by atoms with van der Waals surface area (Å²) in [6, 6.07) is 25.3. The van der Waals surface area contributed by atoms with Crippen LogP contribution >= 0.6 is 11.6 Å². The fourth-order valence-corrected chi connectivity index (χ4v) is 4.15. The van der Waals surface area contributed by atoms with E-state index in [2.05, 4.69) is 77.7 Å². The van der Waals surface area contributed by atoms with Gasteiger partial charge in [0.2, 0.25) is 0 Å². The molecule has 1 heterocycles. The summed E-state index contributed by atoms with van der Waals surface area (Å²) < 4.78 is 5.52. The van der Waals surface area contributed by atoms with Crippen LogP contribution in [0.2, 0.25) is 5.02 Å². The summed E-state index contributed by atoms with van der Waals surface area (Å²) >= 11 is 5.98. The first kappa shape index (κ1) is 19.8. The maximum atomic E-state index is 5.98. The molecule has 2 nitrogen and oxygen atoms in total. The molecule has 4 rings (SSSR count). The van der Waals surface area contributed by atoms with Crippen molar-refractivity contribution in [1.29, 1.82) is 0 Å². The first-order valence-corrected chi connectivity index (χ1v) is 10.5. The van der Waals surface area contributed by atoms with Crippen molar-refractivity contribution in [2.75, 3.05) is 26.7 Å². The van der Waals surface area contributed by atoms with Crippen molar-refractivity contribution in [1.82, 2.24) is 4.90 Å². The molecule has 0 spiro atoms. The number of hydrogen-bond acceptors (Lipinski definition) is 2. The Hall–Kier alpha value is -2.55. The normalized spacial score (nSPS) is 17.1. The molecule has 1 atom stereocenters. The summed E-state index contributed by atoms with van der Waals surface area (Å²) in [6.45, 7) is 2.97. The van der Waals surface area contributed by atoms with Crippen LogP contribution in [0.4, 0.5) is 0 Å². The molecule has 3 aromatic rings. The molecular weight excluding hydrogens is 378 g/mol. The topological polar surface area (TPSA) is 12.5 Å². The Morgan fingerprint density at radius 3 is 2.59 bits per heavy atom. The zero-order valence-electron chi connectivity index (χ0n) is 16.7. The lowest BCUT2D eigenvalue weighted by molar-refractivity contribution is 0.306. The van der Waals surface area contributed by atoms with Gasteiger partial charge in [-0.2, -0.15) is 0 Å². The Bertz CT molecular complexity index is 966. The average molecular weight is 404 g/mol. The lowest BCUT2D eigenvalue weighted by Gasteiger charge is -2.24. The van der Waals surface area contributed by atoms with E-state index in [1.807, 2.05) is 12.1 Å². The second-order valence-electron chi connectivity index (χ2n) is 7.49. The number of halogens is 1. The Labute approximate surface area is 178 Å². The maximum Gasteiger partial charge on any atom is 0.119 e. The number of methoxy groups -OCH3 is 1. The lowest BCUT2D eigenvalue weighted by atomic mass is 9.88. The van der Waals surface area contributed by atoms with E-state index in [-0.39, 0.29) is 0 Å². The van der Waals surface area contributed by atoms with Crippen molar-refractivity contribution in [3.63, 3.8) is 0 Å². The molecule has 0 saturated heterocycles. The van der Waals surface area contributed by atoms with Gasteiger partial charge in [0.05, 0.1) is 7.11 Å². The summed E-state index contributed by atoms with van der Waals surface area (Å²) in [7, 11) is 1.74. The Balaban J connectivity index is 1.57. The molecule has 29 heavy (non-hydrogen) atoms. The van der Waals surface area contributed by atoms with E-state index in [1.165, 1.54) is 22.3 Å². The molecule has 0 saturated carbocycles. The first-order chi connectivity index (χ1) is 14.2. The summed E-state index contributed by atoms with van der Waals surface area (Å²) in [5.74, 6) is 1.27. The number of rotatable bonds is 5. The Morgan fingerprint density at radius 2 is 1.83 bits per heavy atom. The van der Waals surface area contributed by atoms with E-state index in [0.29, 0.717) is 5.92 Å². The van der Waals surface area contributed by atoms with Crippen LogP contribution < -0.4 is 4.74 Å². The fraction of sp³-hybridized carbons (Fsp3) is 0.231. The summed E-state index contributed by atoms with van der Waals surface area (Å²) in [4.78, 5) is 2.54. The third kappa shape index (κ3) is 4.90. The number of hydrogen-bond donors (Lipinski definition) is 0. The number of ether oxygens (including phenoxy) is 1. The molecule has 3 aromatic carbocycles. The van der Waals surface area contributed by atoms with Crippen LogP contribution in [0.25, 0.3) is 6.08 Å². The van der Waals surface area contributed by atoms with Gasteiger partial charge in [0, 0.05) is 30.6 Å². The van der Waals surface area contributed by atoms with Crippen molar-refractivity contribution in [3.05, 3.63) is 106 Å². The minimum Gasteiger partial charge on any atom is -0.497 e. The Kier molecular flexibility index (Phi) is 6.33. The van der Waals surface area contributed by atoms with Crippen LogP contribution in [-0.2, 0) is 6.42 Å². The highest BCUT2D eigenvalue weighted by atomic mass is 35.5. The van der Waals surface area contributed by atoms with Gasteiger partial charge >= 0.3 is 0 Å². The second-order valence-corrected chi connectivity index (χ2v) is 7.93. The van der Waals surface area contributed by atoms with Gasteiger partial charge in [-0.1, -0.05) is 72.3 Å². The van der Waals surface area contributed by atoms with Gasteiger partial charge in [0.25, 0.3) is 0 Å². The molecule has 1 aliphatic heterocycles. The van der Waals surface area contributed by atoms with Gasteiger partial charge in [-0.25, -0.2) is 0 Å². The van der Waals surface area contributed by atoms with E-state index >= 15 is 0 Å². The van der Waals surface area contributed by atoms with Crippen LogP contribution in [0.15, 0.2) is 78.9 Å². The van der Waals surface area contributed by atoms with Gasteiger partial charge in [0.1, 0.15) is 5.75 Å². The van der Waals surface area contributed by atoms with Crippen molar-refractivity contribution < 1.29 is 4.74 Å². The van der Waals surface area contributed by atoms with Crippen LogP contribution in [-0.4, -0.2) is 31.6 Å². The minimum atomic E-state index is 0.340. The molecule has 1 aliphatic rings. The van der Waals surface area contributed by atoms with E-state index < -0.39 is 0 Å². The molecule has 0 fully saturated rings. The zero-order valence-corrected chi connectivity index (χ0v) is 17.5. The quantitative estimate of drug-likeness (QED) is 0.514. The standard InChI is InChI=1S/C26H26ClNO/c1-29-24-14-11-22-15-17-28(16-5-6-20-9-12-23(27)13-10-20)19-26(25(22)18-24)21-7-3-2-4-8-21/h2-14,18,26H,15-17,19H2,1H3. The molecule has 0 bridgehead atoms. The lowest BCUT2D eigenvalue weighted by Crippen LogP contribution is -2.29. The third-order valence-corrected chi connectivity index (χ3v) is 5.86. The second kappa shape index (κ2) is 9.30. The van der Waals surface area contributed by atoms with Gasteiger partial charge < -0.3 is 4.74 Å². The van der Waals surface area contributed by atoms with Gasteiger partial charge in [-0.3, -0.25) is 4.90 Å². The SMILES string of the molecule is COc1ccc2c(c1)C(c1ccccc1)CN(CC=Cc1ccc(Cl)cc1)CC2. The van der Waals surface area contributed by atoms with E-state index in [9.17, 15) is 0 Å². The van der Waals surface area contributed by atoms with Crippen LogP contribution in [0.5, 0.6) is 5.75 Å².